The van der Waals surface area contributed by atoms with Crippen molar-refractivity contribution in [2.75, 3.05) is 26.7 Å². The molecule has 3 nitrogen and oxygen atoms in total. The molecule has 1 aromatic rings. The van der Waals surface area contributed by atoms with Crippen molar-refractivity contribution in [1.29, 1.82) is 0 Å². The number of nitrogens with one attached hydrogen (secondary N) is 1. The van der Waals surface area contributed by atoms with Gasteiger partial charge in [0.15, 0.2) is 5.96 Å². The summed E-state index contributed by atoms with van der Waals surface area (Å²) in [5.41, 5.74) is 0.138. The number of hydrogen-bond donors (Lipinski definition) is 1. The third-order valence-electron chi connectivity index (χ3n) is 3.39. The largest absolute Gasteiger partial charge is 0.355 e. The molecule has 0 radical (unpaired) electrons. The summed E-state index contributed by atoms with van der Waals surface area (Å²) in [6.45, 7) is 6.25. The molecular formula is C14H20ClFIN3. The Morgan fingerprint density at radius 3 is 2.70 bits per heavy atom. The van der Waals surface area contributed by atoms with E-state index in [0.717, 1.165) is 19.0 Å². The molecule has 0 bridgehead atoms. The monoisotopic (exact) mass is 411 g/mol. The normalized spacial score (nSPS) is 14.8. The second-order valence-corrected chi connectivity index (χ2v) is 5.87. The minimum absolute atomic E-state index is 0. The molecular weight excluding hydrogens is 392 g/mol. The van der Waals surface area contributed by atoms with Gasteiger partial charge >= 0.3 is 0 Å². The molecule has 6 heteroatoms. The van der Waals surface area contributed by atoms with Crippen LogP contribution in [0, 0.1) is 5.82 Å². The average Bonchev–Trinajstić information content (AvgIpc) is 2.72. The maximum atomic E-state index is 14.0. The predicted octanol–water partition coefficient (Wildman–Crippen LogP) is 3.27. The van der Waals surface area contributed by atoms with Crippen molar-refractivity contribution in [2.45, 2.75) is 19.3 Å². The van der Waals surface area contributed by atoms with Crippen LogP contribution in [0.2, 0.25) is 5.02 Å². The molecule has 0 spiro atoms. The van der Waals surface area contributed by atoms with Crippen molar-refractivity contribution in [3.8, 4) is 0 Å². The van der Waals surface area contributed by atoms with Crippen LogP contribution in [0.3, 0.4) is 0 Å². The molecule has 1 N–H and O–H groups in total. The van der Waals surface area contributed by atoms with Crippen LogP contribution in [-0.4, -0.2) is 37.5 Å². The summed E-state index contributed by atoms with van der Waals surface area (Å²) in [5, 5.41) is 3.74. The highest BCUT2D eigenvalue weighted by atomic mass is 127. The summed E-state index contributed by atoms with van der Waals surface area (Å²) in [5.74, 6) is 0.599. The first-order valence-corrected chi connectivity index (χ1v) is 6.73. The van der Waals surface area contributed by atoms with Gasteiger partial charge in [-0.1, -0.05) is 31.5 Å². The Morgan fingerprint density at radius 1 is 1.45 bits per heavy atom. The van der Waals surface area contributed by atoms with Crippen molar-refractivity contribution in [3.63, 3.8) is 0 Å². The number of likely N-dealkylation sites (N-methyl/N-ethyl adjacent to an activating group) is 1. The average molecular weight is 412 g/mol. The lowest BCUT2D eigenvalue weighted by Gasteiger charge is -2.28. The zero-order chi connectivity index (χ0) is 14.0. The van der Waals surface area contributed by atoms with Crippen LogP contribution in [0.25, 0.3) is 0 Å². The van der Waals surface area contributed by atoms with Gasteiger partial charge in [0.1, 0.15) is 5.82 Å². The van der Waals surface area contributed by atoms with Gasteiger partial charge in [-0.05, 0) is 12.1 Å². The first-order chi connectivity index (χ1) is 8.92. The fraction of sp³-hybridized carbons (Fsp3) is 0.500. The smallest absolute Gasteiger partial charge is 0.193 e. The lowest BCUT2D eigenvalue weighted by atomic mass is 9.84. The van der Waals surface area contributed by atoms with E-state index in [9.17, 15) is 4.39 Å². The van der Waals surface area contributed by atoms with Crippen LogP contribution in [-0.2, 0) is 5.41 Å². The van der Waals surface area contributed by atoms with Crippen LogP contribution < -0.4 is 5.32 Å². The van der Waals surface area contributed by atoms with E-state index >= 15 is 0 Å². The number of aliphatic imine (C=N–C) groups is 1. The van der Waals surface area contributed by atoms with Crippen LogP contribution in [0.1, 0.15) is 19.4 Å². The minimum Gasteiger partial charge on any atom is -0.355 e. The van der Waals surface area contributed by atoms with E-state index in [1.54, 1.807) is 12.1 Å². The molecule has 112 valence electrons. The second-order valence-electron chi connectivity index (χ2n) is 5.46. The molecule has 0 saturated carbocycles. The predicted molar refractivity (Wildman–Crippen MR) is 92.8 cm³/mol. The van der Waals surface area contributed by atoms with E-state index in [1.807, 2.05) is 20.9 Å². The summed E-state index contributed by atoms with van der Waals surface area (Å²) in [6.07, 6.45) is 0. The number of hydrogen-bond acceptors (Lipinski definition) is 3. The molecule has 1 aromatic carbocycles. The van der Waals surface area contributed by atoms with Gasteiger partial charge < -0.3 is 10.2 Å². The van der Waals surface area contributed by atoms with E-state index < -0.39 is 5.41 Å². The second kappa shape index (κ2) is 6.93. The third-order valence-corrected chi connectivity index (χ3v) is 3.70. The number of nitrogens with zero attached hydrogens (tertiary/aromatic N) is 2. The zero-order valence-electron chi connectivity index (χ0n) is 11.9. The summed E-state index contributed by atoms with van der Waals surface area (Å²) < 4.78 is 14.0. The number of halogens is 3. The van der Waals surface area contributed by atoms with Gasteiger partial charge in [-0.15, -0.1) is 24.0 Å². The van der Waals surface area contributed by atoms with Gasteiger partial charge in [-0.3, -0.25) is 4.99 Å². The summed E-state index contributed by atoms with van der Waals surface area (Å²) in [4.78, 5) is 6.42. The number of rotatable bonds is 3. The maximum absolute atomic E-state index is 14.0. The molecule has 0 saturated heterocycles. The molecule has 0 fully saturated rings. The zero-order valence-corrected chi connectivity index (χ0v) is 15.0. The Morgan fingerprint density at radius 2 is 2.15 bits per heavy atom. The number of guanidine groups is 1. The Bertz CT molecular complexity index is 485. The maximum Gasteiger partial charge on any atom is 0.193 e. The van der Waals surface area contributed by atoms with Crippen molar-refractivity contribution in [2.24, 2.45) is 4.99 Å². The Balaban J connectivity index is 0.00000200. The molecule has 1 aliphatic rings. The fourth-order valence-electron chi connectivity index (χ4n) is 2.26. The molecule has 0 atom stereocenters. The van der Waals surface area contributed by atoms with E-state index in [4.69, 9.17) is 11.6 Å². The van der Waals surface area contributed by atoms with Crippen molar-refractivity contribution in [1.82, 2.24) is 10.2 Å². The molecule has 2 rings (SSSR count). The van der Waals surface area contributed by atoms with E-state index in [2.05, 4.69) is 15.2 Å². The highest BCUT2D eigenvalue weighted by Gasteiger charge is 2.27. The summed E-state index contributed by atoms with van der Waals surface area (Å²) >= 11 is 6.13. The van der Waals surface area contributed by atoms with Crippen LogP contribution in [0.15, 0.2) is 23.2 Å². The molecule has 20 heavy (non-hydrogen) atoms. The van der Waals surface area contributed by atoms with Crippen LogP contribution in [0.5, 0.6) is 0 Å². The standard InChI is InChI=1S/C14H19ClFN3.HI/c1-14(2,9-18-13-17-7-8-19(13)3)12-10(15)5-4-6-11(12)16;/h4-6H,7-9H2,1-3H3,(H,17,18);1H. The van der Waals surface area contributed by atoms with Crippen molar-refractivity contribution < 1.29 is 4.39 Å². The third kappa shape index (κ3) is 3.75. The van der Waals surface area contributed by atoms with Crippen LogP contribution >= 0.6 is 35.6 Å². The van der Waals surface area contributed by atoms with Gasteiger partial charge in [0, 0.05) is 36.1 Å². The summed E-state index contributed by atoms with van der Waals surface area (Å²) in [6, 6.07) is 4.79. The highest BCUT2D eigenvalue weighted by molar-refractivity contribution is 14.0. The Hall–Kier alpha value is -0.560. The molecule has 1 aliphatic heterocycles. The SMILES string of the molecule is CN1CCN=C1NCC(C)(C)c1c(F)cccc1Cl.I. The summed E-state index contributed by atoms with van der Waals surface area (Å²) in [7, 11) is 1.99. The molecule has 0 aromatic heterocycles. The van der Waals surface area contributed by atoms with E-state index in [0.29, 0.717) is 17.1 Å². The first-order valence-electron chi connectivity index (χ1n) is 6.36. The number of benzene rings is 1. The van der Waals surface area contributed by atoms with Crippen LogP contribution in [0.4, 0.5) is 4.39 Å². The highest BCUT2D eigenvalue weighted by Crippen LogP contribution is 2.31. The lowest BCUT2D eigenvalue weighted by molar-refractivity contribution is 0.458. The molecule has 1 heterocycles. The lowest BCUT2D eigenvalue weighted by Crippen LogP contribution is -2.42. The quantitative estimate of drug-likeness (QED) is 0.773. The topological polar surface area (TPSA) is 27.6 Å². The Labute approximate surface area is 141 Å². The van der Waals surface area contributed by atoms with Crippen molar-refractivity contribution in [3.05, 3.63) is 34.6 Å². The fourth-order valence-corrected chi connectivity index (χ4v) is 2.67. The van der Waals surface area contributed by atoms with E-state index in [1.165, 1.54) is 6.07 Å². The van der Waals surface area contributed by atoms with E-state index in [-0.39, 0.29) is 29.8 Å². The molecule has 0 aliphatic carbocycles. The van der Waals surface area contributed by atoms with Gasteiger partial charge in [-0.25, -0.2) is 4.39 Å². The van der Waals surface area contributed by atoms with Gasteiger partial charge in [0.05, 0.1) is 6.54 Å². The van der Waals surface area contributed by atoms with Gasteiger partial charge in [0.2, 0.25) is 0 Å². The van der Waals surface area contributed by atoms with Crippen molar-refractivity contribution >= 4 is 41.5 Å². The molecule has 0 unspecified atom stereocenters. The minimum atomic E-state index is -0.408. The van der Waals surface area contributed by atoms with Gasteiger partial charge in [0.25, 0.3) is 0 Å². The Kier molecular flexibility index (Phi) is 6.06. The first kappa shape index (κ1) is 17.5. The molecule has 0 amide bonds. The van der Waals surface area contributed by atoms with Gasteiger partial charge in [-0.2, -0.15) is 0 Å².